The molecular formula is C7H8N2O2. The van der Waals surface area contributed by atoms with Crippen LogP contribution in [-0.2, 0) is 4.74 Å². The molecule has 2 heterocycles. The number of aromatic nitrogens is 2. The van der Waals surface area contributed by atoms with Crippen LogP contribution in [0.25, 0.3) is 0 Å². The summed E-state index contributed by atoms with van der Waals surface area (Å²) >= 11 is 0. The molecule has 0 amide bonds. The van der Waals surface area contributed by atoms with Crippen LogP contribution in [0.5, 0.6) is 5.88 Å². The van der Waals surface area contributed by atoms with Gasteiger partial charge >= 0.3 is 0 Å². The lowest BCUT2D eigenvalue weighted by molar-refractivity contribution is 0.00651. The number of ether oxygens (including phenoxy) is 1. The van der Waals surface area contributed by atoms with Gasteiger partial charge < -0.3 is 9.84 Å². The number of aromatic hydroxyl groups is 1. The number of rotatable bonds is 1. The van der Waals surface area contributed by atoms with Crippen LogP contribution in [0.3, 0.4) is 0 Å². The first-order chi connectivity index (χ1) is 6.18. The molecule has 4 nitrogen and oxygen atoms in total. The van der Waals surface area contributed by atoms with E-state index in [4.69, 9.17) is 12.6 Å². The molecule has 1 aliphatic heterocycles. The molecule has 0 atom stereocenters. The number of nitrogens with zero attached hydrogens (tertiary/aromatic N) is 2. The number of hydrogen-bond acceptors (Lipinski definition) is 4. The molecule has 0 saturated carbocycles. The molecule has 0 spiro atoms. The van der Waals surface area contributed by atoms with Gasteiger partial charge in [0.15, 0.2) is 0 Å². The highest BCUT2D eigenvalue weighted by molar-refractivity contribution is 5.11. The zero-order valence-electron chi connectivity index (χ0n) is 7.74. The van der Waals surface area contributed by atoms with Crippen LogP contribution >= 0.6 is 0 Å². The van der Waals surface area contributed by atoms with Crippen LogP contribution in [0.2, 0.25) is 0 Å². The van der Waals surface area contributed by atoms with Crippen molar-refractivity contribution in [1.82, 2.24) is 9.97 Å². The van der Waals surface area contributed by atoms with E-state index < -0.39 is 5.88 Å². The van der Waals surface area contributed by atoms with E-state index in [1.54, 1.807) is 0 Å². The maximum Gasteiger partial charge on any atom is 0.229 e. The Bertz CT molecular complexity index is 342. The lowest BCUT2D eigenvalue weighted by Crippen LogP contribution is -2.25. The molecule has 58 valence electrons. The number of hydrogen-bond donors (Lipinski definition) is 1. The van der Waals surface area contributed by atoms with Gasteiger partial charge in [-0.2, -0.15) is 0 Å². The van der Waals surface area contributed by atoms with Gasteiger partial charge in [-0.05, 0) is 0 Å². The third-order valence-electron chi connectivity index (χ3n) is 1.58. The Labute approximate surface area is 66.7 Å². The summed E-state index contributed by atoms with van der Waals surface area (Å²) in [6.07, 6.45) is -0.347. The summed E-state index contributed by atoms with van der Waals surface area (Å²) < 4.78 is 19.5. The largest absolute Gasteiger partial charge is 0.492 e. The molecule has 1 fully saturated rings. The second-order valence-corrected chi connectivity index (χ2v) is 2.39. The van der Waals surface area contributed by atoms with Gasteiger partial charge in [0.2, 0.25) is 5.88 Å². The first-order valence-electron chi connectivity index (χ1n) is 4.30. The highest BCUT2D eigenvalue weighted by Gasteiger charge is 2.21. The molecule has 1 aliphatic rings. The van der Waals surface area contributed by atoms with Crippen molar-refractivity contribution in [2.75, 3.05) is 13.2 Å². The zero-order valence-corrected chi connectivity index (χ0v) is 5.74. The topological polar surface area (TPSA) is 55.2 Å². The van der Waals surface area contributed by atoms with E-state index in [0.29, 0.717) is 18.9 Å². The van der Waals surface area contributed by atoms with Gasteiger partial charge in [-0.15, -0.1) is 0 Å². The summed E-state index contributed by atoms with van der Waals surface area (Å²) in [6, 6.07) is 0. The third-order valence-corrected chi connectivity index (χ3v) is 1.58. The van der Waals surface area contributed by atoms with Gasteiger partial charge in [-0.1, -0.05) is 0 Å². The quantitative estimate of drug-likeness (QED) is 0.632. The first kappa shape index (κ1) is 4.66. The van der Waals surface area contributed by atoms with Crippen molar-refractivity contribution >= 4 is 0 Å². The molecule has 4 heteroatoms. The fraction of sp³-hybridized carbons (Fsp3) is 0.429. The molecule has 0 aromatic carbocycles. The molecule has 0 bridgehead atoms. The van der Waals surface area contributed by atoms with Crippen molar-refractivity contribution in [2.45, 2.75) is 5.92 Å². The zero-order chi connectivity index (χ0) is 9.42. The van der Waals surface area contributed by atoms with Gasteiger partial charge in [0.25, 0.3) is 0 Å². The fourth-order valence-electron chi connectivity index (χ4n) is 0.847. The molecule has 2 rings (SSSR count). The third kappa shape index (κ3) is 1.17. The molecule has 1 N–H and O–H groups in total. The van der Waals surface area contributed by atoms with E-state index in [0.717, 1.165) is 0 Å². The van der Waals surface area contributed by atoms with E-state index in [9.17, 15) is 0 Å². The molecular weight excluding hydrogens is 144 g/mol. The molecule has 0 unspecified atom stereocenters. The van der Waals surface area contributed by atoms with Crippen LogP contribution in [0.15, 0.2) is 12.3 Å². The van der Waals surface area contributed by atoms with Crippen LogP contribution < -0.4 is 0 Å². The molecule has 0 radical (unpaired) electrons. The Hall–Kier alpha value is -1.16. The SMILES string of the molecule is [2H]c1nc(C2COC2)c([2H])nc1O. The fourth-order valence-corrected chi connectivity index (χ4v) is 0.847. The standard InChI is InChI=1S/C7H8N2O2/c10-7-2-8-6(1-9-7)5-3-11-4-5/h1-2,5H,3-4H2,(H,9,10)/i1D,2D. The summed E-state index contributed by atoms with van der Waals surface area (Å²) in [7, 11) is 0. The first-order valence-corrected chi connectivity index (χ1v) is 3.30. The van der Waals surface area contributed by atoms with Gasteiger partial charge in [-0.25, -0.2) is 4.98 Å². The highest BCUT2D eigenvalue weighted by atomic mass is 16.5. The summed E-state index contributed by atoms with van der Waals surface area (Å²) in [6.45, 7) is 1.04. The summed E-state index contributed by atoms with van der Waals surface area (Å²) in [5, 5.41) is 8.98. The minimum absolute atomic E-state index is 0.0599. The van der Waals surface area contributed by atoms with Crippen LogP contribution in [-0.4, -0.2) is 28.3 Å². The Morgan fingerprint density at radius 1 is 1.55 bits per heavy atom. The summed E-state index contributed by atoms with van der Waals surface area (Å²) in [4.78, 5) is 7.27. The highest BCUT2D eigenvalue weighted by Crippen LogP contribution is 2.21. The maximum atomic E-state index is 8.98. The van der Waals surface area contributed by atoms with E-state index in [1.807, 2.05) is 0 Å². The van der Waals surface area contributed by atoms with Crippen molar-refractivity contribution < 1.29 is 12.6 Å². The normalized spacial score (nSPS) is 20.4. The van der Waals surface area contributed by atoms with E-state index in [-0.39, 0.29) is 18.3 Å². The second kappa shape index (κ2) is 2.47. The van der Waals surface area contributed by atoms with Crippen molar-refractivity contribution in [3.8, 4) is 5.88 Å². The molecule has 1 saturated heterocycles. The van der Waals surface area contributed by atoms with E-state index in [1.165, 1.54) is 0 Å². The Morgan fingerprint density at radius 3 is 3.00 bits per heavy atom. The van der Waals surface area contributed by atoms with Crippen molar-refractivity contribution in [3.63, 3.8) is 0 Å². The molecule has 0 aliphatic carbocycles. The maximum absolute atomic E-state index is 8.98. The van der Waals surface area contributed by atoms with Crippen molar-refractivity contribution in [3.05, 3.63) is 18.0 Å². The van der Waals surface area contributed by atoms with Crippen molar-refractivity contribution in [1.29, 1.82) is 0 Å². The predicted molar refractivity (Wildman–Crippen MR) is 37.3 cm³/mol. The monoisotopic (exact) mass is 154 g/mol. The second-order valence-electron chi connectivity index (χ2n) is 2.39. The van der Waals surface area contributed by atoms with Crippen LogP contribution in [0.4, 0.5) is 0 Å². The van der Waals surface area contributed by atoms with Gasteiger partial charge in [-0.3, -0.25) is 4.98 Å². The Kier molecular flexibility index (Phi) is 1.05. The summed E-state index contributed by atoms with van der Waals surface area (Å²) in [5.74, 6) is -0.432. The average Bonchev–Trinajstić information content (AvgIpc) is 1.96. The Morgan fingerprint density at radius 2 is 2.36 bits per heavy atom. The molecule has 1 aromatic heterocycles. The lowest BCUT2D eigenvalue weighted by Gasteiger charge is -2.24. The average molecular weight is 154 g/mol. The Balaban J connectivity index is 2.39. The van der Waals surface area contributed by atoms with E-state index in [2.05, 4.69) is 9.97 Å². The van der Waals surface area contributed by atoms with Crippen LogP contribution in [0.1, 0.15) is 14.4 Å². The van der Waals surface area contributed by atoms with Gasteiger partial charge in [0.1, 0.15) is 0 Å². The van der Waals surface area contributed by atoms with E-state index >= 15 is 0 Å². The van der Waals surface area contributed by atoms with Crippen molar-refractivity contribution in [2.24, 2.45) is 0 Å². The minimum atomic E-state index is -0.492. The van der Waals surface area contributed by atoms with Gasteiger partial charge in [0, 0.05) is 5.92 Å². The molecule has 1 aromatic rings. The van der Waals surface area contributed by atoms with Gasteiger partial charge in [0.05, 0.1) is 34.0 Å². The lowest BCUT2D eigenvalue weighted by atomic mass is 10.1. The minimum Gasteiger partial charge on any atom is -0.492 e. The molecule has 11 heavy (non-hydrogen) atoms. The summed E-state index contributed by atoms with van der Waals surface area (Å²) in [5.41, 5.74) is 0.439. The predicted octanol–water partition coefficient (Wildman–Crippen LogP) is 0.296. The van der Waals surface area contributed by atoms with Crippen LogP contribution in [0, 0.1) is 0 Å². The smallest absolute Gasteiger partial charge is 0.229 e.